The van der Waals surface area contributed by atoms with E-state index in [9.17, 15) is 9.59 Å². The van der Waals surface area contributed by atoms with E-state index >= 15 is 0 Å². The van der Waals surface area contributed by atoms with E-state index in [1.54, 1.807) is 36.4 Å². The highest BCUT2D eigenvalue weighted by Gasteiger charge is 2.25. The first-order valence-corrected chi connectivity index (χ1v) is 9.15. The third kappa shape index (κ3) is 3.36. The summed E-state index contributed by atoms with van der Waals surface area (Å²) in [6, 6.07) is 16.1. The van der Waals surface area contributed by atoms with Gasteiger partial charge < -0.3 is 10.1 Å². The number of ether oxygens (including phenoxy) is 1. The van der Waals surface area contributed by atoms with Gasteiger partial charge in [0.25, 0.3) is 11.5 Å². The van der Waals surface area contributed by atoms with Crippen molar-refractivity contribution in [3.05, 3.63) is 70.6 Å². The van der Waals surface area contributed by atoms with Gasteiger partial charge in [0.15, 0.2) is 5.69 Å². The Morgan fingerprint density at radius 2 is 1.85 bits per heavy atom. The summed E-state index contributed by atoms with van der Waals surface area (Å²) in [6.45, 7) is 2.66. The summed E-state index contributed by atoms with van der Waals surface area (Å²) in [5, 5.41) is 8.40. The number of para-hydroxylation sites is 1. The molecule has 2 unspecified atom stereocenters. The van der Waals surface area contributed by atoms with Crippen molar-refractivity contribution in [2.24, 2.45) is 0 Å². The van der Waals surface area contributed by atoms with E-state index in [-0.39, 0.29) is 29.3 Å². The second-order valence-electron chi connectivity index (χ2n) is 6.76. The predicted octanol–water partition coefficient (Wildman–Crippen LogP) is 2.68. The molecule has 2 heterocycles. The molecule has 0 radical (unpaired) electrons. The highest BCUT2D eigenvalue weighted by Crippen LogP contribution is 2.18. The highest BCUT2D eigenvalue weighted by atomic mass is 16.5. The summed E-state index contributed by atoms with van der Waals surface area (Å²) in [7, 11) is 0. The van der Waals surface area contributed by atoms with Gasteiger partial charge >= 0.3 is 0 Å². The molecule has 4 rings (SSSR count). The van der Waals surface area contributed by atoms with E-state index in [1.165, 1.54) is 4.68 Å². The standard InChI is InChI=1S/C21H21N3O3/c1-14(18-12-7-13-27-18)22-20(25)19-16-10-5-6-11-17(16)21(26)24(23-19)15-8-3-2-4-9-15/h2-6,8-11,14,18H,7,12-13H2,1H3,(H,22,25). The van der Waals surface area contributed by atoms with Crippen molar-refractivity contribution in [2.45, 2.75) is 31.9 Å². The van der Waals surface area contributed by atoms with Crippen molar-refractivity contribution in [1.82, 2.24) is 15.1 Å². The summed E-state index contributed by atoms with van der Waals surface area (Å²) in [6.07, 6.45) is 1.95. The van der Waals surface area contributed by atoms with Crippen molar-refractivity contribution in [1.29, 1.82) is 0 Å². The minimum atomic E-state index is -0.307. The van der Waals surface area contributed by atoms with Gasteiger partial charge in [-0.1, -0.05) is 36.4 Å². The first-order valence-electron chi connectivity index (χ1n) is 9.15. The highest BCUT2D eigenvalue weighted by molar-refractivity contribution is 6.05. The lowest BCUT2D eigenvalue weighted by Crippen LogP contribution is -2.41. The SMILES string of the molecule is CC(NC(=O)c1nn(-c2ccccc2)c(=O)c2ccccc12)C1CCCO1. The fourth-order valence-corrected chi connectivity index (χ4v) is 3.47. The van der Waals surface area contributed by atoms with Crippen LogP contribution in [-0.2, 0) is 4.74 Å². The van der Waals surface area contributed by atoms with Gasteiger partial charge in [0, 0.05) is 12.0 Å². The number of carbonyl (C=O) groups excluding carboxylic acids is 1. The van der Waals surface area contributed by atoms with Crippen LogP contribution >= 0.6 is 0 Å². The topological polar surface area (TPSA) is 73.2 Å². The second kappa shape index (κ2) is 7.32. The smallest absolute Gasteiger partial charge is 0.279 e. The van der Waals surface area contributed by atoms with E-state index in [1.807, 2.05) is 25.1 Å². The maximum atomic E-state index is 13.0. The summed E-state index contributed by atoms with van der Waals surface area (Å²) in [5.41, 5.74) is 0.605. The number of carbonyl (C=O) groups is 1. The Morgan fingerprint density at radius 3 is 2.56 bits per heavy atom. The van der Waals surface area contributed by atoms with Crippen LogP contribution in [0.2, 0.25) is 0 Å². The molecule has 2 aromatic carbocycles. The molecule has 1 aliphatic rings. The molecule has 27 heavy (non-hydrogen) atoms. The maximum absolute atomic E-state index is 13.0. The van der Waals surface area contributed by atoms with Gasteiger partial charge in [-0.15, -0.1) is 0 Å². The monoisotopic (exact) mass is 363 g/mol. The van der Waals surface area contributed by atoms with Crippen LogP contribution in [0, 0.1) is 0 Å². The van der Waals surface area contributed by atoms with Crippen LogP contribution in [0.3, 0.4) is 0 Å². The van der Waals surface area contributed by atoms with Crippen molar-refractivity contribution in [3.8, 4) is 5.69 Å². The Labute approximate surface area is 156 Å². The van der Waals surface area contributed by atoms with Crippen molar-refractivity contribution < 1.29 is 9.53 Å². The van der Waals surface area contributed by atoms with Crippen molar-refractivity contribution in [2.75, 3.05) is 6.61 Å². The Balaban J connectivity index is 1.78. The first-order chi connectivity index (χ1) is 13.1. The number of hydrogen-bond acceptors (Lipinski definition) is 4. The lowest BCUT2D eigenvalue weighted by molar-refractivity contribution is 0.0709. The minimum Gasteiger partial charge on any atom is -0.376 e. The molecule has 138 valence electrons. The number of nitrogens with zero attached hydrogens (tertiary/aromatic N) is 2. The Morgan fingerprint density at radius 1 is 1.15 bits per heavy atom. The molecule has 0 aliphatic carbocycles. The summed E-state index contributed by atoms with van der Waals surface area (Å²) >= 11 is 0. The Hall–Kier alpha value is -2.99. The summed E-state index contributed by atoms with van der Waals surface area (Å²) in [4.78, 5) is 25.9. The number of fused-ring (bicyclic) bond motifs is 1. The summed E-state index contributed by atoms with van der Waals surface area (Å²) < 4.78 is 6.95. The van der Waals surface area contributed by atoms with Gasteiger partial charge in [-0.2, -0.15) is 9.78 Å². The Kier molecular flexibility index (Phi) is 4.73. The van der Waals surface area contributed by atoms with Gasteiger partial charge in [0.05, 0.1) is 23.2 Å². The third-order valence-electron chi connectivity index (χ3n) is 4.90. The molecule has 1 saturated heterocycles. The molecular weight excluding hydrogens is 342 g/mol. The molecule has 1 N–H and O–H groups in total. The molecule has 1 aliphatic heterocycles. The number of rotatable bonds is 4. The van der Waals surface area contributed by atoms with E-state index in [2.05, 4.69) is 10.4 Å². The average Bonchev–Trinajstić information content (AvgIpc) is 3.24. The van der Waals surface area contributed by atoms with Crippen LogP contribution in [0.25, 0.3) is 16.5 Å². The number of hydrogen-bond donors (Lipinski definition) is 1. The second-order valence-corrected chi connectivity index (χ2v) is 6.76. The molecule has 1 aromatic heterocycles. The molecule has 0 spiro atoms. The number of benzene rings is 2. The zero-order valence-electron chi connectivity index (χ0n) is 15.1. The molecule has 1 amide bonds. The maximum Gasteiger partial charge on any atom is 0.279 e. The van der Waals surface area contributed by atoms with Gasteiger partial charge in [0.1, 0.15) is 0 Å². The zero-order valence-corrected chi connectivity index (χ0v) is 15.1. The lowest BCUT2D eigenvalue weighted by atomic mass is 10.1. The minimum absolute atomic E-state index is 0.0141. The van der Waals surface area contributed by atoms with Gasteiger partial charge in [0.2, 0.25) is 0 Å². The van der Waals surface area contributed by atoms with Crippen LogP contribution in [0.5, 0.6) is 0 Å². The largest absolute Gasteiger partial charge is 0.376 e. The average molecular weight is 363 g/mol. The first kappa shape index (κ1) is 17.4. The molecule has 3 aromatic rings. The number of nitrogens with one attached hydrogen (secondary N) is 1. The molecule has 6 nitrogen and oxygen atoms in total. The lowest BCUT2D eigenvalue weighted by Gasteiger charge is -2.20. The van der Waals surface area contributed by atoms with E-state index in [4.69, 9.17) is 4.74 Å². The fraction of sp³-hybridized carbons (Fsp3) is 0.286. The predicted molar refractivity (Wildman–Crippen MR) is 103 cm³/mol. The van der Waals surface area contributed by atoms with E-state index in [0.29, 0.717) is 16.5 Å². The van der Waals surface area contributed by atoms with Crippen LogP contribution in [0.1, 0.15) is 30.3 Å². The van der Waals surface area contributed by atoms with Crippen LogP contribution in [0.4, 0.5) is 0 Å². The quantitative estimate of drug-likeness (QED) is 0.773. The van der Waals surface area contributed by atoms with Crippen LogP contribution in [-0.4, -0.2) is 34.4 Å². The summed E-state index contributed by atoms with van der Waals surface area (Å²) in [5.74, 6) is -0.307. The van der Waals surface area contributed by atoms with Crippen LogP contribution in [0.15, 0.2) is 59.4 Å². The molecule has 6 heteroatoms. The van der Waals surface area contributed by atoms with E-state index < -0.39 is 0 Å². The van der Waals surface area contributed by atoms with Gasteiger partial charge in [-0.05, 0) is 38.0 Å². The molecule has 2 atom stereocenters. The fourth-order valence-electron chi connectivity index (χ4n) is 3.47. The van der Waals surface area contributed by atoms with Crippen LogP contribution < -0.4 is 10.9 Å². The number of aromatic nitrogens is 2. The van der Waals surface area contributed by atoms with Gasteiger partial charge in [-0.3, -0.25) is 9.59 Å². The molecule has 0 saturated carbocycles. The molecule has 1 fully saturated rings. The molecular formula is C21H21N3O3. The Bertz CT molecular complexity index is 1020. The van der Waals surface area contributed by atoms with Crippen molar-refractivity contribution in [3.63, 3.8) is 0 Å². The third-order valence-corrected chi connectivity index (χ3v) is 4.90. The van der Waals surface area contributed by atoms with Crippen molar-refractivity contribution >= 4 is 16.7 Å². The normalized spacial score (nSPS) is 17.7. The number of amides is 1. The molecule has 0 bridgehead atoms. The van der Waals surface area contributed by atoms with E-state index in [0.717, 1.165) is 19.4 Å². The van der Waals surface area contributed by atoms with Gasteiger partial charge in [-0.25, -0.2) is 0 Å². The zero-order chi connectivity index (χ0) is 18.8.